The average Bonchev–Trinajstić information content (AvgIpc) is 3.35. The van der Waals surface area contributed by atoms with Crippen LogP contribution in [0.3, 0.4) is 0 Å². The quantitative estimate of drug-likeness (QED) is 0.851. The first-order valence-corrected chi connectivity index (χ1v) is 10.4. The molecule has 2 aliphatic heterocycles. The second kappa shape index (κ2) is 6.64. The SMILES string of the molecule is Cc1cccc(C(=O)N2CC[C@@]3(c4n[nH]c(C)n4)CN(C(=O)C4CC4)C[C@H]3C2)n1. The smallest absolute Gasteiger partial charge is 0.272 e. The highest BCUT2D eigenvalue weighted by Gasteiger charge is 2.55. The van der Waals surface area contributed by atoms with Gasteiger partial charge in [0.05, 0.1) is 5.41 Å². The largest absolute Gasteiger partial charge is 0.341 e. The summed E-state index contributed by atoms with van der Waals surface area (Å²) in [6.07, 6.45) is 2.74. The van der Waals surface area contributed by atoms with Crippen LogP contribution in [0.4, 0.5) is 0 Å². The van der Waals surface area contributed by atoms with Crippen LogP contribution in [-0.2, 0) is 10.2 Å². The summed E-state index contributed by atoms with van der Waals surface area (Å²) < 4.78 is 0. The molecule has 8 nitrogen and oxygen atoms in total. The first kappa shape index (κ1) is 18.3. The number of piperidine rings is 1. The van der Waals surface area contributed by atoms with Gasteiger partial charge in [0.2, 0.25) is 5.91 Å². The van der Waals surface area contributed by atoms with Crippen molar-refractivity contribution < 1.29 is 9.59 Å². The zero-order chi connectivity index (χ0) is 20.2. The maximum absolute atomic E-state index is 13.1. The van der Waals surface area contributed by atoms with Gasteiger partial charge in [0.15, 0.2) is 5.82 Å². The number of carbonyl (C=O) groups excluding carboxylic acids is 2. The number of nitrogens with zero attached hydrogens (tertiary/aromatic N) is 5. The number of likely N-dealkylation sites (tertiary alicyclic amines) is 2. The van der Waals surface area contributed by atoms with Crippen LogP contribution < -0.4 is 0 Å². The third kappa shape index (κ3) is 3.10. The lowest BCUT2D eigenvalue weighted by Crippen LogP contribution is -2.52. The molecule has 0 aromatic carbocycles. The normalized spacial score (nSPS) is 26.5. The maximum atomic E-state index is 13.1. The van der Waals surface area contributed by atoms with E-state index in [4.69, 9.17) is 0 Å². The Balaban J connectivity index is 1.42. The van der Waals surface area contributed by atoms with E-state index in [-0.39, 0.29) is 29.1 Å². The highest BCUT2D eigenvalue weighted by molar-refractivity contribution is 5.92. The number of aromatic nitrogens is 4. The van der Waals surface area contributed by atoms with Crippen molar-refractivity contribution in [2.45, 2.75) is 38.5 Å². The van der Waals surface area contributed by atoms with Crippen molar-refractivity contribution in [3.63, 3.8) is 0 Å². The molecule has 1 N–H and O–H groups in total. The summed E-state index contributed by atoms with van der Waals surface area (Å²) in [5.41, 5.74) is 1.03. The van der Waals surface area contributed by atoms with Crippen LogP contribution in [-0.4, -0.2) is 68.0 Å². The molecule has 2 saturated heterocycles. The van der Waals surface area contributed by atoms with Crippen LogP contribution in [0.25, 0.3) is 0 Å². The Kier molecular flexibility index (Phi) is 4.18. The zero-order valence-electron chi connectivity index (χ0n) is 16.9. The molecule has 5 rings (SSSR count). The Bertz CT molecular complexity index is 968. The van der Waals surface area contributed by atoms with Gasteiger partial charge in [0.1, 0.15) is 11.5 Å². The highest BCUT2D eigenvalue weighted by atomic mass is 16.2. The number of fused-ring (bicyclic) bond motifs is 1. The first-order valence-electron chi connectivity index (χ1n) is 10.4. The predicted molar refractivity (Wildman–Crippen MR) is 105 cm³/mol. The monoisotopic (exact) mass is 394 g/mol. The van der Waals surface area contributed by atoms with E-state index >= 15 is 0 Å². The number of hydrogen-bond acceptors (Lipinski definition) is 5. The van der Waals surface area contributed by atoms with Gasteiger partial charge in [-0.15, -0.1) is 0 Å². The minimum atomic E-state index is -0.286. The fraction of sp³-hybridized carbons (Fsp3) is 0.571. The minimum Gasteiger partial charge on any atom is -0.341 e. The van der Waals surface area contributed by atoms with Crippen LogP contribution in [0.2, 0.25) is 0 Å². The second-order valence-electron chi connectivity index (χ2n) is 8.76. The molecule has 0 unspecified atom stereocenters. The number of pyridine rings is 1. The summed E-state index contributed by atoms with van der Waals surface area (Å²) in [5, 5.41) is 7.44. The fourth-order valence-corrected chi connectivity index (χ4v) is 4.88. The van der Waals surface area contributed by atoms with Crippen LogP contribution >= 0.6 is 0 Å². The molecule has 0 spiro atoms. The number of rotatable bonds is 3. The van der Waals surface area contributed by atoms with Crippen molar-refractivity contribution in [1.82, 2.24) is 30.0 Å². The molecule has 1 aliphatic carbocycles. The van der Waals surface area contributed by atoms with Gasteiger partial charge in [0, 0.05) is 43.7 Å². The van der Waals surface area contributed by atoms with Gasteiger partial charge >= 0.3 is 0 Å². The Hall–Kier alpha value is -2.77. The molecule has 4 heterocycles. The highest BCUT2D eigenvalue weighted by Crippen LogP contribution is 2.45. The molecule has 2 aromatic heterocycles. The summed E-state index contributed by atoms with van der Waals surface area (Å²) in [7, 11) is 0. The van der Waals surface area contributed by atoms with Gasteiger partial charge in [-0.2, -0.15) is 5.10 Å². The number of carbonyl (C=O) groups is 2. The third-order valence-electron chi connectivity index (χ3n) is 6.64. The number of hydrogen-bond donors (Lipinski definition) is 1. The molecule has 29 heavy (non-hydrogen) atoms. The molecular weight excluding hydrogens is 368 g/mol. The zero-order valence-corrected chi connectivity index (χ0v) is 16.9. The summed E-state index contributed by atoms with van der Waals surface area (Å²) in [6.45, 7) is 6.30. The van der Waals surface area contributed by atoms with E-state index in [1.54, 1.807) is 6.07 Å². The van der Waals surface area contributed by atoms with E-state index in [0.29, 0.717) is 31.9 Å². The van der Waals surface area contributed by atoms with E-state index in [9.17, 15) is 9.59 Å². The Labute approximate surface area is 169 Å². The van der Waals surface area contributed by atoms with Gasteiger partial charge in [-0.1, -0.05) is 6.07 Å². The third-order valence-corrected chi connectivity index (χ3v) is 6.64. The van der Waals surface area contributed by atoms with Crippen LogP contribution in [0.5, 0.6) is 0 Å². The number of aryl methyl sites for hydroxylation is 2. The Morgan fingerprint density at radius 3 is 2.62 bits per heavy atom. The second-order valence-corrected chi connectivity index (χ2v) is 8.76. The molecule has 3 fully saturated rings. The average molecular weight is 394 g/mol. The lowest BCUT2D eigenvalue weighted by atomic mass is 9.72. The molecular formula is C21H26N6O2. The standard InChI is InChI=1S/C21H26N6O2/c1-13-4-3-5-17(22-13)19(29)26-9-8-21(20-23-14(2)24-25-20)12-27(11-16(21)10-26)18(28)15-6-7-15/h3-5,15-16H,6-12H2,1-2H3,(H,23,24,25)/t16-,21-/m1/s1. The van der Waals surface area contributed by atoms with Crippen molar-refractivity contribution in [3.8, 4) is 0 Å². The van der Waals surface area contributed by atoms with Gasteiger partial charge in [-0.25, -0.2) is 9.97 Å². The van der Waals surface area contributed by atoms with E-state index in [1.165, 1.54) is 0 Å². The summed E-state index contributed by atoms with van der Waals surface area (Å²) in [6, 6.07) is 5.53. The van der Waals surface area contributed by atoms with Gasteiger partial charge in [-0.05, 0) is 45.2 Å². The van der Waals surface area contributed by atoms with E-state index < -0.39 is 0 Å². The number of nitrogens with one attached hydrogen (secondary N) is 1. The van der Waals surface area contributed by atoms with Gasteiger partial charge in [0.25, 0.3) is 5.91 Å². The van der Waals surface area contributed by atoms with E-state index in [0.717, 1.165) is 36.6 Å². The molecule has 1 saturated carbocycles. The molecule has 2 aromatic rings. The molecule has 8 heteroatoms. The minimum absolute atomic E-state index is 0.0413. The Morgan fingerprint density at radius 1 is 1.14 bits per heavy atom. The van der Waals surface area contributed by atoms with E-state index in [2.05, 4.69) is 20.2 Å². The maximum Gasteiger partial charge on any atom is 0.272 e. The van der Waals surface area contributed by atoms with Crippen LogP contribution in [0.1, 0.15) is 47.1 Å². The number of aromatic amines is 1. The van der Waals surface area contributed by atoms with Crippen LogP contribution in [0.15, 0.2) is 18.2 Å². The van der Waals surface area contributed by atoms with Crippen molar-refractivity contribution in [3.05, 3.63) is 41.2 Å². The van der Waals surface area contributed by atoms with E-state index in [1.807, 2.05) is 35.8 Å². The molecule has 2 amide bonds. The van der Waals surface area contributed by atoms with Gasteiger partial charge < -0.3 is 9.80 Å². The van der Waals surface area contributed by atoms with Crippen LogP contribution in [0, 0.1) is 25.7 Å². The summed E-state index contributed by atoms with van der Waals surface area (Å²) in [4.78, 5) is 38.8. The topological polar surface area (TPSA) is 95.1 Å². The van der Waals surface area contributed by atoms with Crippen molar-refractivity contribution in [1.29, 1.82) is 0 Å². The van der Waals surface area contributed by atoms with Crippen molar-refractivity contribution in [2.75, 3.05) is 26.2 Å². The molecule has 2 atom stereocenters. The lowest BCUT2D eigenvalue weighted by molar-refractivity contribution is -0.131. The van der Waals surface area contributed by atoms with Crippen molar-refractivity contribution in [2.24, 2.45) is 11.8 Å². The molecule has 152 valence electrons. The number of amides is 2. The lowest BCUT2D eigenvalue weighted by Gasteiger charge is -2.41. The predicted octanol–water partition coefficient (Wildman–Crippen LogP) is 1.47. The number of H-pyrrole nitrogens is 1. The molecule has 0 radical (unpaired) electrons. The van der Waals surface area contributed by atoms with Crippen molar-refractivity contribution >= 4 is 11.8 Å². The summed E-state index contributed by atoms with van der Waals surface area (Å²) in [5.74, 6) is 2.09. The molecule has 3 aliphatic rings. The summed E-state index contributed by atoms with van der Waals surface area (Å²) >= 11 is 0. The Morgan fingerprint density at radius 2 is 1.93 bits per heavy atom. The van der Waals surface area contributed by atoms with Gasteiger partial charge in [-0.3, -0.25) is 14.7 Å². The molecule has 0 bridgehead atoms. The fourth-order valence-electron chi connectivity index (χ4n) is 4.88. The first-order chi connectivity index (χ1) is 14.0.